The molecule has 2 aromatic rings. The molecule has 118 valence electrons. The molecular formula is C16H12BrNO4S. The summed E-state index contributed by atoms with van der Waals surface area (Å²) in [5.74, 6) is 0.0640. The second-order valence-corrected chi connectivity index (χ2v) is 7.26. The average Bonchev–Trinajstić information content (AvgIpc) is 2.56. The number of phenols is 1. The van der Waals surface area contributed by atoms with E-state index in [9.17, 15) is 18.8 Å². The van der Waals surface area contributed by atoms with Gasteiger partial charge in [-0.1, -0.05) is 18.2 Å². The van der Waals surface area contributed by atoms with Crippen LogP contribution in [-0.2, 0) is 9.84 Å². The zero-order chi connectivity index (χ0) is 17.0. The maximum atomic E-state index is 12.5. The maximum Gasteiger partial charge on any atom is 0.216 e. The minimum atomic E-state index is -3.91. The van der Waals surface area contributed by atoms with Crippen molar-refractivity contribution in [1.29, 1.82) is 5.26 Å². The molecule has 0 fully saturated rings. The minimum absolute atomic E-state index is 0.0395. The Morgan fingerprint density at radius 1 is 1.30 bits per heavy atom. The van der Waals surface area contributed by atoms with E-state index in [0.717, 1.165) is 0 Å². The number of nitrogens with zero attached hydrogens (tertiary/aromatic N) is 1. The van der Waals surface area contributed by atoms with E-state index in [1.807, 2.05) is 0 Å². The highest BCUT2D eigenvalue weighted by Crippen LogP contribution is 2.36. The first-order valence-corrected chi connectivity index (χ1v) is 8.66. The van der Waals surface area contributed by atoms with Crippen LogP contribution in [0, 0.1) is 11.3 Å². The number of rotatable bonds is 4. The smallest absolute Gasteiger partial charge is 0.216 e. The van der Waals surface area contributed by atoms with E-state index >= 15 is 0 Å². The van der Waals surface area contributed by atoms with Crippen LogP contribution in [0.25, 0.3) is 6.08 Å². The molecule has 23 heavy (non-hydrogen) atoms. The predicted molar refractivity (Wildman–Crippen MR) is 89.6 cm³/mol. The number of nitriles is 1. The zero-order valence-corrected chi connectivity index (χ0v) is 14.4. The lowest BCUT2D eigenvalue weighted by Crippen LogP contribution is -2.03. The van der Waals surface area contributed by atoms with E-state index in [4.69, 9.17) is 4.74 Å². The number of methoxy groups -OCH3 is 1. The normalized spacial score (nSPS) is 11.8. The molecule has 0 saturated heterocycles. The average molecular weight is 394 g/mol. The third-order valence-electron chi connectivity index (χ3n) is 3.02. The summed E-state index contributed by atoms with van der Waals surface area (Å²) in [5.41, 5.74) is 0.405. The molecule has 0 heterocycles. The fraction of sp³-hybridized carbons (Fsp3) is 0.0625. The van der Waals surface area contributed by atoms with Crippen molar-refractivity contribution in [3.63, 3.8) is 0 Å². The minimum Gasteiger partial charge on any atom is -0.503 e. The van der Waals surface area contributed by atoms with Crippen LogP contribution in [0.2, 0.25) is 0 Å². The fourth-order valence-corrected chi connectivity index (χ4v) is 3.52. The zero-order valence-electron chi connectivity index (χ0n) is 12.0. The molecule has 0 saturated carbocycles. The molecule has 0 aliphatic rings. The van der Waals surface area contributed by atoms with E-state index < -0.39 is 14.7 Å². The lowest BCUT2D eigenvalue weighted by molar-refractivity contribution is 0.372. The van der Waals surface area contributed by atoms with Gasteiger partial charge < -0.3 is 9.84 Å². The number of phenolic OH excluding ortho intramolecular Hbond substituents is 1. The second kappa shape index (κ2) is 6.86. The molecule has 7 heteroatoms. The Morgan fingerprint density at radius 3 is 2.52 bits per heavy atom. The summed E-state index contributed by atoms with van der Waals surface area (Å²) in [7, 11) is -2.53. The third kappa shape index (κ3) is 3.55. The Morgan fingerprint density at radius 2 is 1.96 bits per heavy atom. The van der Waals surface area contributed by atoms with Crippen LogP contribution in [0.1, 0.15) is 5.56 Å². The molecule has 0 unspecified atom stereocenters. The quantitative estimate of drug-likeness (QED) is 0.802. The van der Waals surface area contributed by atoms with E-state index in [0.29, 0.717) is 10.0 Å². The van der Waals surface area contributed by atoms with Crippen molar-refractivity contribution in [2.75, 3.05) is 7.11 Å². The predicted octanol–water partition coefficient (Wildman–Crippen LogP) is 3.50. The molecule has 0 amide bonds. The molecule has 2 rings (SSSR count). The van der Waals surface area contributed by atoms with E-state index in [1.54, 1.807) is 24.3 Å². The van der Waals surface area contributed by atoms with Crippen molar-refractivity contribution in [3.8, 4) is 17.6 Å². The lowest BCUT2D eigenvalue weighted by Gasteiger charge is -2.07. The van der Waals surface area contributed by atoms with Gasteiger partial charge in [0.05, 0.1) is 16.5 Å². The monoisotopic (exact) mass is 393 g/mol. The summed E-state index contributed by atoms with van der Waals surface area (Å²) in [5, 5.41) is 19.0. The van der Waals surface area contributed by atoms with Crippen LogP contribution in [0.4, 0.5) is 0 Å². The highest BCUT2D eigenvalue weighted by Gasteiger charge is 2.20. The van der Waals surface area contributed by atoms with E-state index in [-0.39, 0.29) is 16.4 Å². The molecule has 0 atom stereocenters. The van der Waals surface area contributed by atoms with Crippen LogP contribution in [0.15, 0.2) is 56.7 Å². The van der Waals surface area contributed by atoms with Gasteiger partial charge in [-0.2, -0.15) is 5.26 Å². The molecule has 5 nitrogen and oxygen atoms in total. The summed E-state index contributed by atoms with van der Waals surface area (Å²) in [6.07, 6.45) is 1.23. The van der Waals surface area contributed by atoms with Crippen molar-refractivity contribution in [3.05, 3.63) is 57.4 Å². The number of sulfone groups is 1. The van der Waals surface area contributed by atoms with Gasteiger partial charge in [0, 0.05) is 0 Å². The standard InChI is InChI=1S/C16H12BrNO4S/c1-22-15-9-11(8-14(17)16(15)19)7-13(10-18)23(20,21)12-5-3-2-4-6-12/h2-9,19H,1H3/b13-7+. The van der Waals surface area contributed by atoms with Crippen molar-refractivity contribution in [2.45, 2.75) is 4.90 Å². The van der Waals surface area contributed by atoms with Gasteiger partial charge >= 0.3 is 0 Å². The topological polar surface area (TPSA) is 87.4 Å². The van der Waals surface area contributed by atoms with Crippen molar-refractivity contribution < 1.29 is 18.3 Å². The van der Waals surface area contributed by atoms with Gasteiger partial charge in [-0.3, -0.25) is 0 Å². The molecule has 0 aliphatic carbocycles. The molecular weight excluding hydrogens is 382 g/mol. The van der Waals surface area contributed by atoms with Crippen molar-refractivity contribution >= 4 is 31.8 Å². The number of hydrogen-bond acceptors (Lipinski definition) is 5. The summed E-state index contributed by atoms with van der Waals surface area (Å²) in [4.78, 5) is -0.360. The highest BCUT2D eigenvalue weighted by molar-refractivity contribution is 9.10. The summed E-state index contributed by atoms with van der Waals surface area (Å²) >= 11 is 3.15. The van der Waals surface area contributed by atoms with Crippen molar-refractivity contribution in [1.82, 2.24) is 0 Å². The molecule has 1 N–H and O–H groups in total. The molecule has 0 spiro atoms. The van der Waals surface area contributed by atoms with E-state index in [2.05, 4.69) is 15.9 Å². The van der Waals surface area contributed by atoms with Crippen LogP contribution in [-0.4, -0.2) is 20.6 Å². The molecule has 0 radical (unpaired) electrons. The summed E-state index contributed by atoms with van der Waals surface area (Å²) in [6.45, 7) is 0. The van der Waals surface area contributed by atoms with Gasteiger partial charge in [0.2, 0.25) is 9.84 Å². The van der Waals surface area contributed by atoms with Crippen molar-refractivity contribution in [2.24, 2.45) is 0 Å². The number of ether oxygens (including phenoxy) is 1. The number of allylic oxidation sites excluding steroid dienone is 1. The molecule has 0 bridgehead atoms. The fourth-order valence-electron chi connectivity index (χ4n) is 1.88. The number of benzene rings is 2. The first-order valence-electron chi connectivity index (χ1n) is 6.38. The van der Waals surface area contributed by atoms with Crippen LogP contribution in [0.5, 0.6) is 11.5 Å². The largest absolute Gasteiger partial charge is 0.503 e. The Bertz CT molecular complexity index is 900. The third-order valence-corrected chi connectivity index (χ3v) is 5.31. The van der Waals surface area contributed by atoms with Crippen LogP contribution >= 0.6 is 15.9 Å². The van der Waals surface area contributed by atoms with Gasteiger partial charge in [-0.05, 0) is 51.8 Å². The summed E-state index contributed by atoms with van der Waals surface area (Å²) in [6, 6.07) is 12.4. The lowest BCUT2D eigenvalue weighted by atomic mass is 10.2. The van der Waals surface area contributed by atoms with E-state index in [1.165, 1.54) is 37.5 Å². The van der Waals surface area contributed by atoms with Gasteiger partial charge in [0.15, 0.2) is 11.5 Å². The first kappa shape index (κ1) is 17.1. The Balaban J connectivity index is 2.57. The maximum absolute atomic E-state index is 12.5. The molecule has 0 aromatic heterocycles. The van der Waals surface area contributed by atoms with Gasteiger partial charge in [-0.25, -0.2) is 8.42 Å². The highest BCUT2D eigenvalue weighted by atomic mass is 79.9. The van der Waals surface area contributed by atoms with Gasteiger partial charge in [0.25, 0.3) is 0 Å². The number of aromatic hydroxyl groups is 1. The molecule has 2 aromatic carbocycles. The van der Waals surface area contributed by atoms with Gasteiger partial charge in [-0.15, -0.1) is 0 Å². The number of halogens is 1. The Kier molecular flexibility index (Phi) is 5.08. The number of hydrogen-bond donors (Lipinski definition) is 1. The SMILES string of the molecule is COc1cc(/C=C(\C#N)S(=O)(=O)c2ccccc2)cc(Br)c1O. The Hall–Kier alpha value is -2.30. The summed E-state index contributed by atoms with van der Waals surface area (Å²) < 4.78 is 30.3. The molecule has 0 aliphatic heterocycles. The first-order chi connectivity index (χ1) is 10.9. The van der Waals surface area contributed by atoms with Crippen LogP contribution in [0.3, 0.4) is 0 Å². The van der Waals surface area contributed by atoms with Crippen LogP contribution < -0.4 is 4.74 Å². The van der Waals surface area contributed by atoms with Gasteiger partial charge in [0.1, 0.15) is 11.0 Å². The Labute approximate surface area is 142 Å². The second-order valence-electron chi connectivity index (χ2n) is 4.49.